The summed E-state index contributed by atoms with van der Waals surface area (Å²) in [6.07, 6.45) is 0.699. The zero-order chi connectivity index (χ0) is 24.6. The van der Waals surface area contributed by atoms with E-state index in [-0.39, 0.29) is 22.9 Å². The fraction of sp³-hybridized carbons (Fsp3) is 0.435. The summed E-state index contributed by atoms with van der Waals surface area (Å²) in [5.41, 5.74) is 1.46. The maximum atomic E-state index is 12.1. The van der Waals surface area contributed by atoms with E-state index in [1.807, 2.05) is 27.7 Å². The summed E-state index contributed by atoms with van der Waals surface area (Å²) in [6.45, 7) is 9.00. The van der Waals surface area contributed by atoms with Crippen molar-refractivity contribution in [3.8, 4) is 11.5 Å². The zero-order valence-corrected chi connectivity index (χ0v) is 21.0. The topological polar surface area (TPSA) is 120 Å². The lowest BCUT2D eigenvalue weighted by Crippen LogP contribution is -2.43. The van der Waals surface area contributed by atoms with Crippen molar-refractivity contribution in [2.75, 3.05) is 19.8 Å². The molecule has 0 spiro atoms. The molecule has 0 atom stereocenters. The Balaban J connectivity index is 1.95. The normalized spacial score (nSPS) is 11.8. The smallest absolute Gasteiger partial charge is 0.258 e. The number of sulfonamides is 1. The van der Waals surface area contributed by atoms with Gasteiger partial charge < -0.3 is 20.1 Å². The molecule has 0 bridgehead atoms. The van der Waals surface area contributed by atoms with E-state index in [1.165, 1.54) is 12.1 Å². The highest BCUT2D eigenvalue weighted by Crippen LogP contribution is 2.33. The van der Waals surface area contributed by atoms with Crippen molar-refractivity contribution < 1.29 is 22.7 Å². The van der Waals surface area contributed by atoms with Crippen LogP contribution in [0.15, 0.2) is 41.3 Å². The van der Waals surface area contributed by atoms with Crippen molar-refractivity contribution in [3.05, 3.63) is 52.5 Å². The Hall–Kier alpha value is -2.33. The molecule has 4 N–H and O–H groups in total. The summed E-state index contributed by atoms with van der Waals surface area (Å²) in [6, 6.07) is 9.93. The first-order chi connectivity index (χ1) is 15.4. The average Bonchev–Trinajstić information content (AvgIpc) is 2.70. The summed E-state index contributed by atoms with van der Waals surface area (Å²) in [7, 11) is -3.69. The zero-order valence-electron chi connectivity index (χ0n) is 19.4. The minimum absolute atomic E-state index is 0.0904. The van der Waals surface area contributed by atoms with Gasteiger partial charge in [-0.2, -0.15) is 0 Å². The van der Waals surface area contributed by atoms with Crippen LogP contribution in [0.3, 0.4) is 0 Å². The number of carbonyl (C=O) groups excluding carboxylic acids is 1. The van der Waals surface area contributed by atoms with Crippen molar-refractivity contribution in [1.82, 2.24) is 10.6 Å². The number of amides is 1. The summed E-state index contributed by atoms with van der Waals surface area (Å²) in [4.78, 5) is 12.1. The molecule has 2 aromatic carbocycles. The van der Waals surface area contributed by atoms with Gasteiger partial charge in [-0.05, 0) is 70.0 Å². The first-order valence-electron chi connectivity index (χ1n) is 10.6. The molecular formula is C23H32ClN3O5S. The molecule has 0 heterocycles. The lowest BCUT2D eigenvalue weighted by Gasteiger charge is -2.21. The molecule has 33 heavy (non-hydrogen) atoms. The number of benzene rings is 2. The Morgan fingerprint density at radius 1 is 1.09 bits per heavy atom. The maximum absolute atomic E-state index is 12.1. The molecule has 2 rings (SSSR count). The number of hydrogen-bond acceptors (Lipinski definition) is 6. The fourth-order valence-electron chi connectivity index (χ4n) is 2.99. The van der Waals surface area contributed by atoms with Crippen molar-refractivity contribution in [2.24, 2.45) is 5.14 Å². The van der Waals surface area contributed by atoms with Crippen LogP contribution in [0.1, 0.15) is 38.8 Å². The first-order valence-corrected chi connectivity index (χ1v) is 12.5. The lowest BCUT2D eigenvalue weighted by molar-refractivity contribution is -0.124. The molecule has 0 aliphatic rings. The lowest BCUT2D eigenvalue weighted by atomic mass is 10.1. The second kappa shape index (κ2) is 11.7. The second-order valence-corrected chi connectivity index (χ2v) is 10.5. The number of rotatable bonds is 11. The van der Waals surface area contributed by atoms with Crippen LogP contribution in [0.4, 0.5) is 0 Å². The van der Waals surface area contributed by atoms with E-state index in [1.54, 1.807) is 24.3 Å². The van der Waals surface area contributed by atoms with E-state index in [0.29, 0.717) is 42.6 Å². The van der Waals surface area contributed by atoms with Crippen LogP contribution < -0.4 is 25.2 Å². The van der Waals surface area contributed by atoms with Gasteiger partial charge in [-0.1, -0.05) is 23.7 Å². The maximum Gasteiger partial charge on any atom is 0.258 e. The highest BCUT2D eigenvalue weighted by molar-refractivity contribution is 7.89. The van der Waals surface area contributed by atoms with Crippen LogP contribution in [0.2, 0.25) is 5.02 Å². The Bertz CT molecular complexity index is 1050. The average molecular weight is 498 g/mol. The number of nitrogens with two attached hydrogens (primary N) is 1. The van der Waals surface area contributed by atoms with Gasteiger partial charge in [0.2, 0.25) is 10.0 Å². The van der Waals surface area contributed by atoms with Crippen LogP contribution in [0.5, 0.6) is 11.5 Å². The van der Waals surface area contributed by atoms with Gasteiger partial charge in [0.05, 0.1) is 11.5 Å². The standard InChI is InChI=1S/C23H32ClN3O5S/c1-5-31-20-12-17(19(24)13-21(20)32-15-22(28)27-23(2,3)4)14-26-11-10-16-6-8-18(9-7-16)33(25,29)30/h6-9,12-13,26H,5,10-11,14-15H2,1-4H3,(H,27,28)(H2,25,29,30). The SMILES string of the molecule is CCOc1cc(CNCCc2ccc(S(N)(=O)=O)cc2)c(Cl)cc1OCC(=O)NC(C)(C)C. The Labute approximate surface area is 200 Å². The van der Waals surface area contributed by atoms with E-state index in [0.717, 1.165) is 11.1 Å². The third-order valence-electron chi connectivity index (χ3n) is 4.44. The minimum Gasteiger partial charge on any atom is -0.490 e. The second-order valence-electron chi connectivity index (χ2n) is 8.53. The highest BCUT2D eigenvalue weighted by atomic mass is 35.5. The van der Waals surface area contributed by atoms with E-state index in [2.05, 4.69) is 10.6 Å². The van der Waals surface area contributed by atoms with E-state index >= 15 is 0 Å². The van der Waals surface area contributed by atoms with Crippen molar-refractivity contribution in [1.29, 1.82) is 0 Å². The number of primary sulfonamides is 1. The van der Waals surface area contributed by atoms with Crippen LogP contribution in [0.25, 0.3) is 0 Å². The first kappa shape index (κ1) is 26.9. The Morgan fingerprint density at radius 3 is 2.30 bits per heavy atom. The van der Waals surface area contributed by atoms with Gasteiger partial charge >= 0.3 is 0 Å². The molecule has 0 aliphatic carbocycles. The predicted molar refractivity (Wildman–Crippen MR) is 129 cm³/mol. The molecule has 2 aromatic rings. The van der Waals surface area contributed by atoms with E-state index < -0.39 is 10.0 Å². The molecular weight excluding hydrogens is 466 g/mol. The van der Waals surface area contributed by atoms with Gasteiger partial charge in [-0.3, -0.25) is 4.79 Å². The molecule has 0 saturated carbocycles. The number of ether oxygens (including phenoxy) is 2. The Morgan fingerprint density at radius 2 is 1.73 bits per heavy atom. The molecule has 0 aliphatic heterocycles. The van der Waals surface area contributed by atoms with Gasteiger partial charge in [0, 0.05) is 23.2 Å². The number of carbonyl (C=O) groups is 1. The molecule has 0 aromatic heterocycles. The van der Waals surface area contributed by atoms with Crippen LogP contribution in [-0.2, 0) is 27.8 Å². The molecule has 8 nitrogen and oxygen atoms in total. The van der Waals surface area contributed by atoms with E-state index in [4.69, 9.17) is 26.2 Å². The molecule has 1 amide bonds. The van der Waals surface area contributed by atoms with Crippen molar-refractivity contribution in [2.45, 2.75) is 51.1 Å². The monoisotopic (exact) mass is 497 g/mol. The highest BCUT2D eigenvalue weighted by Gasteiger charge is 2.16. The predicted octanol–water partition coefficient (Wildman–Crippen LogP) is 3.01. The number of hydrogen-bond donors (Lipinski definition) is 3. The summed E-state index contributed by atoms with van der Waals surface area (Å²) < 4.78 is 34.0. The van der Waals surface area contributed by atoms with Gasteiger partial charge in [0.25, 0.3) is 5.91 Å². The largest absolute Gasteiger partial charge is 0.490 e. The quantitative estimate of drug-likeness (QED) is 0.410. The fourth-order valence-corrected chi connectivity index (χ4v) is 3.73. The third-order valence-corrected chi connectivity index (χ3v) is 5.72. The third kappa shape index (κ3) is 9.21. The number of halogens is 1. The van der Waals surface area contributed by atoms with Crippen molar-refractivity contribution >= 4 is 27.5 Å². The van der Waals surface area contributed by atoms with Gasteiger partial charge in [0.1, 0.15) is 0 Å². The number of nitrogens with one attached hydrogen (secondary N) is 2. The van der Waals surface area contributed by atoms with E-state index in [9.17, 15) is 13.2 Å². The van der Waals surface area contributed by atoms with Crippen LogP contribution in [-0.4, -0.2) is 39.6 Å². The van der Waals surface area contributed by atoms with Gasteiger partial charge in [-0.25, -0.2) is 13.6 Å². The molecule has 0 unspecified atom stereocenters. The van der Waals surface area contributed by atoms with Crippen LogP contribution >= 0.6 is 11.6 Å². The molecule has 10 heteroatoms. The van der Waals surface area contributed by atoms with Crippen molar-refractivity contribution in [3.63, 3.8) is 0 Å². The summed E-state index contributed by atoms with van der Waals surface area (Å²) >= 11 is 6.43. The van der Waals surface area contributed by atoms with Crippen LogP contribution in [0, 0.1) is 0 Å². The summed E-state index contributed by atoms with van der Waals surface area (Å²) in [5.74, 6) is 0.689. The molecule has 0 saturated heterocycles. The minimum atomic E-state index is -3.69. The molecule has 182 valence electrons. The van der Waals surface area contributed by atoms with Gasteiger partial charge in [-0.15, -0.1) is 0 Å². The summed E-state index contributed by atoms with van der Waals surface area (Å²) in [5, 5.41) is 11.8. The molecule has 0 fully saturated rings. The van der Waals surface area contributed by atoms with Gasteiger partial charge in [0.15, 0.2) is 18.1 Å². The molecule has 0 radical (unpaired) electrons. The Kier molecular flexibility index (Phi) is 9.54.